The summed E-state index contributed by atoms with van der Waals surface area (Å²) in [5, 5.41) is 7.42. The second kappa shape index (κ2) is 6.83. The molecule has 6 heteroatoms. The Balaban J connectivity index is 1.80. The number of benzene rings is 1. The van der Waals surface area contributed by atoms with Crippen LogP contribution in [0.25, 0.3) is 0 Å². The molecule has 1 fully saturated rings. The van der Waals surface area contributed by atoms with Gasteiger partial charge in [-0.3, -0.25) is 9.89 Å². The smallest absolute Gasteiger partial charge is 0.275 e. The molecule has 26 heavy (non-hydrogen) atoms. The number of rotatable bonds is 4. The zero-order valence-electron chi connectivity index (χ0n) is 15.2. The van der Waals surface area contributed by atoms with Crippen LogP contribution in [0.5, 0.6) is 0 Å². The number of halogens is 1. The second-order valence-corrected chi connectivity index (χ2v) is 7.57. The Bertz CT molecular complexity index is 794. The number of hydrogen-bond acceptors (Lipinski definition) is 3. The van der Waals surface area contributed by atoms with Crippen molar-refractivity contribution in [1.29, 1.82) is 0 Å². The van der Waals surface area contributed by atoms with Crippen LogP contribution in [0.2, 0.25) is 0 Å². The Labute approximate surface area is 152 Å². The maximum Gasteiger partial charge on any atom is 0.275 e. The van der Waals surface area contributed by atoms with Crippen molar-refractivity contribution < 1.29 is 13.9 Å². The average Bonchev–Trinajstić information content (AvgIpc) is 3.15. The van der Waals surface area contributed by atoms with E-state index < -0.39 is 0 Å². The molecule has 3 heterocycles. The van der Waals surface area contributed by atoms with Crippen molar-refractivity contribution in [3.63, 3.8) is 0 Å². The number of carbonyl (C=O) groups is 1. The Morgan fingerprint density at radius 1 is 1.27 bits per heavy atom. The fourth-order valence-electron chi connectivity index (χ4n) is 4.10. The van der Waals surface area contributed by atoms with E-state index in [4.69, 9.17) is 4.74 Å². The molecule has 0 radical (unpaired) electrons. The van der Waals surface area contributed by atoms with Gasteiger partial charge in [0, 0.05) is 30.5 Å². The van der Waals surface area contributed by atoms with Gasteiger partial charge in [0.15, 0.2) is 5.69 Å². The molecule has 0 saturated carbocycles. The zero-order valence-corrected chi connectivity index (χ0v) is 15.2. The normalized spacial score (nSPS) is 20.8. The van der Waals surface area contributed by atoms with Gasteiger partial charge in [0.05, 0.1) is 6.04 Å². The number of hydrogen-bond donors (Lipinski definition) is 1. The third-order valence-corrected chi connectivity index (χ3v) is 5.25. The fourth-order valence-corrected chi connectivity index (χ4v) is 4.10. The summed E-state index contributed by atoms with van der Waals surface area (Å²) < 4.78 is 19.0. The molecule has 138 valence electrons. The number of amides is 1. The molecule has 0 aliphatic carbocycles. The molecular formula is C20H24FN3O2. The average molecular weight is 357 g/mol. The third-order valence-electron chi connectivity index (χ3n) is 5.25. The second-order valence-electron chi connectivity index (χ2n) is 7.57. The number of aromatic nitrogens is 2. The molecule has 1 saturated heterocycles. The Morgan fingerprint density at radius 3 is 2.62 bits per heavy atom. The molecule has 1 unspecified atom stereocenters. The number of ether oxygens (including phenoxy) is 1. The Kier molecular flexibility index (Phi) is 4.53. The first kappa shape index (κ1) is 17.2. The standard InChI is InChI=1S/C20H24FN3O2/c1-12(2)11-16-17-18(23-22-16)20(25)24(15-7-9-26-10-8-15)19(17)13-3-5-14(21)6-4-13/h3-6,12,15,19H,7-11H2,1-2H3,(H,22,23). The summed E-state index contributed by atoms with van der Waals surface area (Å²) in [5.41, 5.74) is 3.41. The number of aromatic amines is 1. The van der Waals surface area contributed by atoms with Crippen molar-refractivity contribution in [3.8, 4) is 0 Å². The number of fused-ring (bicyclic) bond motifs is 1. The SMILES string of the molecule is CC(C)Cc1[nH]nc2c1C(c1ccc(F)cc1)N(C1CCOCC1)C2=O. The fraction of sp³-hybridized carbons (Fsp3) is 0.500. The molecule has 0 bridgehead atoms. The summed E-state index contributed by atoms with van der Waals surface area (Å²) in [6, 6.07) is 6.38. The Morgan fingerprint density at radius 2 is 1.96 bits per heavy atom. The highest BCUT2D eigenvalue weighted by Gasteiger charge is 2.45. The van der Waals surface area contributed by atoms with E-state index in [0.717, 1.165) is 36.1 Å². The van der Waals surface area contributed by atoms with Gasteiger partial charge >= 0.3 is 0 Å². The van der Waals surface area contributed by atoms with Crippen LogP contribution in [0.4, 0.5) is 4.39 Å². The largest absolute Gasteiger partial charge is 0.381 e. The van der Waals surface area contributed by atoms with Crippen molar-refractivity contribution in [2.45, 2.75) is 45.2 Å². The highest BCUT2D eigenvalue weighted by Crippen LogP contribution is 2.42. The van der Waals surface area contributed by atoms with E-state index in [2.05, 4.69) is 24.0 Å². The van der Waals surface area contributed by atoms with Crippen LogP contribution >= 0.6 is 0 Å². The molecule has 2 aromatic rings. The van der Waals surface area contributed by atoms with E-state index in [1.165, 1.54) is 12.1 Å². The van der Waals surface area contributed by atoms with Crippen LogP contribution in [0.3, 0.4) is 0 Å². The van der Waals surface area contributed by atoms with Crippen molar-refractivity contribution >= 4 is 5.91 Å². The van der Waals surface area contributed by atoms with Crippen LogP contribution in [0.1, 0.15) is 60.0 Å². The van der Waals surface area contributed by atoms with Gasteiger partial charge in [-0.2, -0.15) is 5.10 Å². The number of carbonyl (C=O) groups excluding carboxylic acids is 1. The lowest BCUT2D eigenvalue weighted by Crippen LogP contribution is -2.42. The summed E-state index contributed by atoms with van der Waals surface area (Å²) in [4.78, 5) is 15.1. The van der Waals surface area contributed by atoms with Gasteiger partial charge in [-0.1, -0.05) is 26.0 Å². The van der Waals surface area contributed by atoms with Crippen molar-refractivity contribution in [2.24, 2.45) is 5.92 Å². The maximum atomic E-state index is 13.5. The molecule has 1 aromatic heterocycles. The van der Waals surface area contributed by atoms with Crippen molar-refractivity contribution in [3.05, 3.63) is 52.6 Å². The van der Waals surface area contributed by atoms with E-state index in [0.29, 0.717) is 24.8 Å². The minimum absolute atomic E-state index is 0.0347. The first-order valence-corrected chi connectivity index (χ1v) is 9.29. The molecule has 4 rings (SSSR count). The minimum atomic E-state index is -0.273. The molecular weight excluding hydrogens is 333 g/mol. The topological polar surface area (TPSA) is 58.2 Å². The van der Waals surface area contributed by atoms with Gasteiger partial charge in [-0.25, -0.2) is 4.39 Å². The summed E-state index contributed by atoms with van der Waals surface area (Å²) in [6.07, 6.45) is 2.46. The summed E-state index contributed by atoms with van der Waals surface area (Å²) >= 11 is 0. The van der Waals surface area contributed by atoms with Crippen LogP contribution in [0.15, 0.2) is 24.3 Å². The highest BCUT2D eigenvalue weighted by atomic mass is 19.1. The predicted molar refractivity (Wildman–Crippen MR) is 95.4 cm³/mol. The summed E-state index contributed by atoms with van der Waals surface area (Å²) in [7, 11) is 0. The van der Waals surface area contributed by atoms with Gasteiger partial charge in [0.1, 0.15) is 5.82 Å². The van der Waals surface area contributed by atoms with E-state index in [1.54, 1.807) is 12.1 Å². The minimum Gasteiger partial charge on any atom is -0.381 e. The molecule has 1 aromatic carbocycles. The number of nitrogens with one attached hydrogen (secondary N) is 1. The van der Waals surface area contributed by atoms with Crippen LogP contribution in [0, 0.1) is 11.7 Å². The molecule has 1 atom stereocenters. The lowest BCUT2D eigenvalue weighted by Gasteiger charge is -2.36. The van der Waals surface area contributed by atoms with Crippen molar-refractivity contribution in [1.82, 2.24) is 15.1 Å². The quantitative estimate of drug-likeness (QED) is 0.911. The number of nitrogens with zero attached hydrogens (tertiary/aromatic N) is 2. The van der Waals surface area contributed by atoms with Gasteiger partial charge in [-0.15, -0.1) is 0 Å². The van der Waals surface area contributed by atoms with Crippen LogP contribution in [-0.4, -0.2) is 40.3 Å². The van der Waals surface area contributed by atoms with Gasteiger partial charge in [0.2, 0.25) is 0 Å². The Hall–Kier alpha value is -2.21. The van der Waals surface area contributed by atoms with Gasteiger partial charge in [-0.05, 0) is 42.9 Å². The maximum absolute atomic E-state index is 13.5. The highest BCUT2D eigenvalue weighted by molar-refractivity contribution is 5.98. The van der Waals surface area contributed by atoms with E-state index in [-0.39, 0.29) is 23.8 Å². The first-order valence-electron chi connectivity index (χ1n) is 9.29. The molecule has 1 N–H and O–H groups in total. The molecule has 2 aliphatic rings. The number of H-pyrrole nitrogens is 1. The third kappa shape index (κ3) is 2.92. The van der Waals surface area contributed by atoms with E-state index in [1.807, 2.05) is 4.90 Å². The van der Waals surface area contributed by atoms with Crippen LogP contribution in [-0.2, 0) is 11.2 Å². The molecule has 2 aliphatic heterocycles. The lowest BCUT2D eigenvalue weighted by molar-refractivity contribution is 0.0245. The molecule has 1 amide bonds. The molecule has 0 spiro atoms. The monoisotopic (exact) mass is 357 g/mol. The first-order chi connectivity index (χ1) is 12.6. The molecule has 5 nitrogen and oxygen atoms in total. The van der Waals surface area contributed by atoms with Crippen molar-refractivity contribution in [2.75, 3.05) is 13.2 Å². The van der Waals surface area contributed by atoms with Gasteiger partial charge < -0.3 is 9.64 Å². The van der Waals surface area contributed by atoms with E-state index in [9.17, 15) is 9.18 Å². The zero-order chi connectivity index (χ0) is 18.3. The summed E-state index contributed by atoms with van der Waals surface area (Å²) in [5.74, 6) is 0.138. The van der Waals surface area contributed by atoms with E-state index >= 15 is 0 Å². The predicted octanol–water partition coefficient (Wildman–Crippen LogP) is 3.47. The lowest BCUT2D eigenvalue weighted by atomic mass is 9.94. The summed E-state index contributed by atoms with van der Waals surface area (Å²) in [6.45, 7) is 5.61. The van der Waals surface area contributed by atoms with Gasteiger partial charge in [0.25, 0.3) is 5.91 Å². The van der Waals surface area contributed by atoms with Crippen LogP contribution < -0.4 is 0 Å².